The number of alkyl carbamates (subject to hydrolysis) is 1. The van der Waals surface area contributed by atoms with E-state index in [1.165, 1.54) is 19.8 Å². The first-order valence-electron chi connectivity index (χ1n) is 11.1. The molecule has 0 aliphatic heterocycles. The van der Waals surface area contributed by atoms with Crippen molar-refractivity contribution >= 4 is 12.1 Å². The number of rotatable bonds is 10. The van der Waals surface area contributed by atoms with Crippen LogP contribution in [0.2, 0.25) is 0 Å². The molecule has 0 saturated heterocycles. The number of carbonyl (C=O) groups is 2. The maximum atomic E-state index is 11.8. The number of aromatic nitrogens is 2. The number of hydrogen-bond acceptors (Lipinski definition) is 7. The minimum atomic E-state index is -0.876. The number of aryl methyl sites for hydroxylation is 1. The number of nitrogens with zero attached hydrogens (tertiary/aromatic N) is 2. The molecule has 0 radical (unpaired) electrons. The second kappa shape index (κ2) is 11.0. The average molecular weight is 450 g/mol. The van der Waals surface area contributed by atoms with E-state index in [1.54, 1.807) is 0 Å². The van der Waals surface area contributed by atoms with Crippen molar-refractivity contribution in [2.75, 3.05) is 6.54 Å². The van der Waals surface area contributed by atoms with Crippen molar-refractivity contribution in [1.82, 2.24) is 14.9 Å². The summed E-state index contributed by atoms with van der Waals surface area (Å²) in [6.07, 6.45) is 9.03. The molecule has 2 aromatic rings. The van der Waals surface area contributed by atoms with E-state index in [2.05, 4.69) is 26.2 Å². The van der Waals surface area contributed by atoms with Gasteiger partial charge in [-0.15, -0.1) is 0 Å². The summed E-state index contributed by atoms with van der Waals surface area (Å²) in [4.78, 5) is 38.8. The van der Waals surface area contributed by atoms with Crippen LogP contribution in [0.15, 0.2) is 26.2 Å². The third-order valence-electron chi connectivity index (χ3n) is 6.04. The molecule has 1 amide bonds. The highest BCUT2D eigenvalue weighted by Gasteiger charge is 2.22. The van der Waals surface area contributed by atoms with Crippen molar-refractivity contribution in [3.63, 3.8) is 0 Å². The van der Waals surface area contributed by atoms with Crippen molar-refractivity contribution in [3.8, 4) is 0 Å². The molecule has 0 spiro atoms. The summed E-state index contributed by atoms with van der Waals surface area (Å²) >= 11 is 0. The summed E-state index contributed by atoms with van der Waals surface area (Å²) in [5.74, 6) is -1.12. The summed E-state index contributed by atoms with van der Waals surface area (Å²) in [5, 5.41) is 12.1. The van der Waals surface area contributed by atoms with Crippen molar-refractivity contribution in [2.45, 2.75) is 71.4 Å². The minimum absolute atomic E-state index is 0.151. The third-order valence-corrected chi connectivity index (χ3v) is 6.04. The van der Waals surface area contributed by atoms with Gasteiger partial charge in [0.15, 0.2) is 18.1 Å². The lowest BCUT2D eigenvalue weighted by molar-refractivity contribution is -0.142. The molecule has 1 fully saturated rings. The van der Waals surface area contributed by atoms with Crippen LogP contribution < -0.4 is 11.1 Å². The van der Waals surface area contributed by atoms with Crippen LogP contribution in [-0.4, -0.2) is 33.3 Å². The van der Waals surface area contributed by atoms with Gasteiger partial charge in [-0.3, -0.25) is 4.79 Å². The van der Waals surface area contributed by atoms with E-state index < -0.39 is 23.8 Å². The smallest absolute Gasteiger partial charge is 0.481 e. The van der Waals surface area contributed by atoms with Gasteiger partial charge in [-0.1, -0.05) is 6.92 Å². The lowest BCUT2D eigenvalue weighted by atomic mass is 9.87. The molecule has 2 heterocycles. The van der Waals surface area contributed by atoms with E-state index in [0.29, 0.717) is 25.3 Å². The van der Waals surface area contributed by atoms with Gasteiger partial charge in [0.25, 0.3) is 0 Å². The average Bonchev–Trinajstić information content (AvgIpc) is 3.34. The van der Waals surface area contributed by atoms with Crippen molar-refractivity contribution in [2.24, 2.45) is 11.8 Å². The van der Waals surface area contributed by atoms with Crippen LogP contribution in [0.25, 0.3) is 0 Å². The Morgan fingerprint density at radius 3 is 2.72 bits per heavy atom. The number of carboxylic acids is 1. The molecule has 1 saturated carbocycles. The molecule has 176 valence electrons. The molecule has 2 N–H and O–H groups in total. The van der Waals surface area contributed by atoms with E-state index in [1.807, 2.05) is 12.5 Å². The Bertz CT molecular complexity index is 953. The number of carboxylic acid groups (broad SMARTS) is 1. The fourth-order valence-corrected chi connectivity index (χ4v) is 4.02. The maximum Gasteiger partial charge on any atom is 0.519 e. The first kappa shape index (κ1) is 23.6. The predicted octanol–water partition coefficient (Wildman–Crippen LogP) is 3.44. The number of imidazole rings is 1. The number of amides is 1. The van der Waals surface area contributed by atoms with Gasteiger partial charge in [0.1, 0.15) is 0 Å². The van der Waals surface area contributed by atoms with Gasteiger partial charge in [-0.2, -0.15) is 0 Å². The molecule has 10 heteroatoms. The van der Waals surface area contributed by atoms with Gasteiger partial charge < -0.3 is 28.6 Å². The number of nitrogens with one attached hydrogen (secondary N) is 1. The molecule has 0 bridgehead atoms. The lowest BCUT2D eigenvalue weighted by Gasteiger charge is -2.26. The normalized spacial score (nSPS) is 19.4. The fraction of sp³-hybridized carbons (Fsp3) is 0.636. The van der Waals surface area contributed by atoms with Crippen LogP contribution in [-0.2, 0) is 22.6 Å². The molecule has 3 rings (SSSR count). The zero-order valence-corrected chi connectivity index (χ0v) is 18.5. The van der Waals surface area contributed by atoms with Gasteiger partial charge >= 0.3 is 17.9 Å². The summed E-state index contributed by atoms with van der Waals surface area (Å²) in [7, 11) is 0. The van der Waals surface area contributed by atoms with Crippen molar-refractivity contribution in [1.29, 1.82) is 0 Å². The highest BCUT2D eigenvalue weighted by atomic mass is 16.6. The highest BCUT2D eigenvalue weighted by molar-refractivity contribution is 5.70. The van der Waals surface area contributed by atoms with E-state index in [4.69, 9.17) is 9.15 Å². The lowest BCUT2D eigenvalue weighted by Crippen LogP contribution is -2.26. The molecule has 32 heavy (non-hydrogen) atoms. The number of hydrogen-bond donors (Lipinski definition) is 2. The Morgan fingerprint density at radius 1 is 1.31 bits per heavy atom. The third kappa shape index (κ3) is 6.73. The highest BCUT2D eigenvalue weighted by Crippen LogP contribution is 2.31. The molecule has 1 unspecified atom stereocenters. The summed E-state index contributed by atoms with van der Waals surface area (Å²) in [6.45, 7) is 3.86. The largest absolute Gasteiger partial charge is 0.519 e. The van der Waals surface area contributed by atoms with Gasteiger partial charge in [0.05, 0.1) is 17.9 Å². The summed E-state index contributed by atoms with van der Waals surface area (Å²) in [6, 6.07) is 0.449. The van der Waals surface area contributed by atoms with E-state index in [-0.39, 0.29) is 24.7 Å². The molecule has 0 aromatic carbocycles. The Balaban J connectivity index is 1.39. The molecule has 1 atom stereocenters. The molecule has 10 nitrogen and oxygen atoms in total. The molecular formula is C22H31N3O7. The van der Waals surface area contributed by atoms with Crippen LogP contribution in [0.1, 0.15) is 68.7 Å². The molecule has 1 aliphatic carbocycles. The van der Waals surface area contributed by atoms with Gasteiger partial charge in [0, 0.05) is 25.2 Å². The summed E-state index contributed by atoms with van der Waals surface area (Å²) in [5.41, 5.74) is 0.778. The second-order valence-electron chi connectivity index (χ2n) is 8.54. The van der Waals surface area contributed by atoms with Crippen molar-refractivity contribution in [3.05, 3.63) is 40.4 Å². The van der Waals surface area contributed by atoms with Crippen LogP contribution in [0.3, 0.4) is 0 Å². The number of ether oxygens (including phenoxy) is 1. The Morgan fingerprint density at radius 2 is 2.06 bits per heavy atom. The van der Waals surface area contributed by atoms with Gasteiger partial charge in [0.2, 0.25) is 0 Å². The molecular weight excluding hydrogens is 418 g/mol. The Hall–Kier alpha value is -3.04. The topological polar surface area (TPSA) is 137 Å². The van der Waals surface area contributed by atoms with E-state index in [9.17, 15) is 19.5 Å². The zero-order chi connectivity index (χ0) is 23.1. The van der Waals surface area contributed by atoms with Gasteiger partial charge in [-0.25, -0.2) is 14.6 Å². The quantitative estimate of drug-likeness (QED) is 0.526. The standard InChI is InChI=1S/C22H31N3O7/c1-14-5-7-18(8-6-14)25-11-17(24-13-25)10-16(20(26)27)4-3-9-23-21(28)30-12-19-15(2)31-22(29)32-19/h11,13-14,16,18H,3-10,12H2,1-2H3,(H,23,28)(H,26,27)/t14-,16?,18-. The van der Waals surface area contributed by atoms with Crippen LogP contribution in [0.4, 0.5) is 4.79 Å². The number of carbonyl (C=O) groups excluding carboxylic acids is 1. The SMILES string of the molecule is Cc1oc(=O)oc1COC(=O)NCCCC(Cc1cn([C@H]2CC[C@H](C)CC2)cn1)C(=O)O. The van der Waals surface area contributed by atoms with Gasteiger partial charge in [-0.05, 0) is 51.4 Å². The van der Waals surface area contributed by atoms with E-state index in [0.717, 1.165) is 24.5 Å². The van der Waals surface area contributed by atoms with E-state index >= 15 is 0 Å². The maximum absolute atomic E-state index is 11.8. The Labute approximate surface area is 186 Å². The van der Waals surface area contributed by atoms with Crippen molar-refractivity contribution < 1.29 is 28.3 Å². The van der Waals surface area contributed by atoms with Crippen LogP contribution in [0.5, 0.6) is 0 Å². The second-order valence-corrected chi connectivity index (χ2v) is 8.54. The number of aliphatic carboxylic acids is 1. The summed E-state index contributed by atoms with van der Waals surface area (Å²) < 4.78 is 16.5. The fourth-order valence-electron chi connectivity index (χ4n) is 4.02. The first-order chi connectivity index (χ1) is 15.3. The zero-order valence-electron chi connectivity index (χ0n) is 18.5. The monoisotopic (exact) mass is 449 g/mol. The Kier molecular flexibility index (Phi) is 8.13. The molecule has 1 aliphatic rings. The predicted molar refractivity (Wildman–Crippen MR) is 113 cm³/mol. The minimum Gasteiger partial charge on any atom is -0.481 e. The first-order valence-corrected chi connectivity index (χ1v) is 11.1. The van der Waals surface area contributed by atoms with Crippen LogP contribution >= 0.6 is 0 Å². The molecule has 2 aromatic heterocycles. The van der Waals surface area contributed by atoms with Crippen LogP contribution in [0, 0.1) is 18.8 Å².